The number of pyridine rings is 1. The van der Waals surface area contributed by atoms with E-state index >= 15 is 0 Å². The van der Waals surface area contributed by atoms with Crippen molar-refractivity contribution in [1.82, 2.24) is 20.3 Å². The lowest BCUT2D eigenvalue weighted by molar-refractivity contribution is -0.125. The van der Waals surface area contributed by atoms with Crippen molar-refractivity contribution >= 4 is 22.0 Å². The molecule has 1 rings (SSSR count). The van der Waals surface area contributed by atoms with Gasteiger partial charge in [-0.25, -0.2) is 22.9 Å². The van der Waals surface area contributed by atoms with Crippen LogP contribution in [0, 0.1) is 5.92 Å². The highest BCUT2D eigenvalue weighted by molar-refractivity contribution is 7.89. The SMILES string of the molecule is CC(C)C[C@H](NC(=O)OC(C)(C)C)C(=O)N[C@@H](C)C(O)CNS(=O)(=O)c1ccccn1. The molecule has 0 aliphatic heterocycles. The first-order chi connectivity index (χ1) is 14.2. The fraction of sp³-hybridized carbons (Fsp3) is 0.650. The standard InChI is InChI=1S/C20H34N4O6S/c1-13(2)11-15(24-19(27)30-20(4,5)6)18(26)23-14(3)16(25)12-22-31(28,29)17-9-7-8-10-21-17/h7-10,13-16,22,25H,11-12H2,1-6H3,(H,23,26)(H,24,27)/t14-,15-,16?/m0/s1. The van der Waals surface area contributed by atoms with Crippen molar-refractivity contribution in [2.24, 2.45) is 5.92 Å². The Balaban J connectivity index is 2.69. The van der Waals surface area contributed by atoms with Crippen molar-refractivity contribution in [3.63, 3.8) is 0 Å². The summed E-state index contributed by atoms with van der Waals surface area (Å²) in [5.74, 6) is -0.394. The molecule has 2 amide bonds. The summed E-state index contributed by atoms with van der Waals surface area (Å²) in [6, 6.07) is 2.81. The number of sulfonamides is 1. The summed E-state index contributed by atoms with van der Waals surface area (Å²) in [5.41, 5.74) is -0.711. The Labute approximate surface area is 184 Å². The van der Waals surface area contributed by atoms with Crippen molar-refractivity contribution in [3.8, 4) is 0 Å². The van der Waals surface area contributed by atoms with Crippen molar-refractivity contribution in [2.75, 3.05) is 6.54 Å². The van der Waals surface area contributed by atoms with Gasteiger partial charge in [0, 0.05) is 12.7 Å². The van der Waals surface area contributed by atoms with Crippen molar-refractivity contribution in [1.29, 1.82) is 0 Å². The number of nitrogens with one attached hydrogen (secondary N) is 3. The monoisotopic (exact) mass is 458 g/mol. The minimum atomic E-state index is -3.89. The predicted octanol–water partition coefficient (Wildman–Crippen LogP) is 1.16. The number of ether oxygens (including phenoxy) is 1. The van der Waals surface area contributed by atoms with E-state index in [1.807, 2.05) is 13.8 Å². The number of aromatic nitrogens is 1. The van der Waals surface area contributed by atoms with Crippen molar-refractivity contribution < 1.29 is 27.9 Å². The van der Waals surface area contributed by atoms with Gasteiger partial charge in [-0.1, -0.05) is 19.9 Å². The third-order valence-corrected chi connectivity index (χ3v) is 5.40. The lowest BCUT2D eigenvalue weighted by Gasteiger charge is -2.26. The van der Waals surface area contributed by atoms with Crippen LogP contribution in [0.4, 0.5) is 4.79 Å². The quantitative estimate of drug-likeness (QED) is 0.411. The Morgan fingerprint density at radius 2 is 1.81 bits per heavy atom. The summed E-state index contributed by atoms with van der Waals surface area (Å²) in [5, 5.41) is 15.3. The molecule has 3 atom stereocenters. The Bertz CT molecular complexity index is 824. The maximum Gasteiger partial charge on any atom is 0.408 e. The van der Waals surface area contributed by atoms with Gasteiger partial charge >= 0.3 is 6.09 Å². The molecule has 0 spiro atoms. The Kier molecular flexibility index (Phi) is 9.85. The van der Waals surface area contributed by atoms with Gasteiger partial charge in [-0.2, -0.15) is 0 Å². The van der Waals surface area contributed by atoms with E-state index in [0.717, 1.165) is 0 Å². The van der Waals surface area contributed by atoms with E-state index in [2.05, 4.69) is 20.3 Å². The average Bonchev–Trinajstić information content (AvgIpc) is 2.64. The Hall–Kier alpha value is -2.24. The molecule has 1 heterocycles. The van der Waals surface area contributed by atoms with Crippen LogP contribution in [0.2, 0.25) is 0 Å². The number of carbonyl (C=O) groups is 2. The zero-order valence-electron chi connectivity index (χ0n) is 18.9. The summed E-state index contributed by atoms with van der Waals surface area (Å²) >= 11 is 0. The smallest absolute Gasteiger partial charge is 0.408 e. The highest BCUT2D eigenvalue weighted by atomic mass is 32.2. The van der Waals surface area contributed by atoms with Crippen LogP contribution in [0.15, 0.2) is 29.4 Å². The fourth-order valence-corrected chi connectivity index (χ4v) is 3.52. The lowest BCUT2D eigenvalue weighted by Crippen LogP contribution is -2.54. The molecule has 31 heavy (non-hydrogen) atoms. The number of alkyl carbamates (subject to hydrolysis) is 1. The van der Waals surface area contributed by atoms with Crippen molar-refractivity contribution in [3.05, 3.63) is 24.4 Å². The lowest BCUT2D eigenvalue weighted by atomic mass is 10.0. The van der Waals surface area contributed by atoms with Crippen LogP contribution in [-0.4, -0.2) is 60.8 Å². The molecular formula is C20H34N4O6S. The van der Waals surface area contributed by atoms with E-state index in [0.29, 0.717) is 6.42 Å². The first-order valence-electron chi connectivity index (χ1n) is 10.1. The maximum absolute atomic E-state index is 12.7. The van der Waals surface area contributed by atoms with E-state index in [9.17, 15) is 23.1 Å². The second-order valence-corrected chi connectivity index (χ2v) is 10.4. The van der Waals surface area contributed by atoms with E-state index in [-0.39, 0.29) is 17.5 Å². The molecule has 0 aromatic carbocycles. The molecule has 1 aromatic rings. The van der Waals surface area contributed by atoms with Crippen LogP contribution >= 0.6 is 0 Å². The summed E-state index contributed by atoms with van der Waals surface area (Å²) in [4.78, 5) is 28.5. The Morgan fingerprint density at radius 3 is 2.32 bits per heavy atom. The predicted molar refractivity (Wildman–Crippen MR) is 116 cm³/mol. The summed E-state index contributed by atoms with van der Waals surface area (Å²) < 4.78 is 31.9. The highest BCUT2D eigenvalue weighted by Gasteiger charge is 2.28. The summed E-state index contributed by atoms with van der Waals surface area (Å²) in [7, 11) is -3.89. The third-order valence-electron chi connectivity index (χ3n) is 4.06. The first-order valence-corrected chi connectivity index (χ1v) is 11.6. The largest absolute Gasteiger partial charge is 0.444 e. The number of rotatable bonds is 10. The molecule has 0 fully saturated rings. The minimum absolute atomic E-state index is 0.107. The van der Waals surface area contributed by atoms with Gasteiger partial charge in [0.05, 0.1) is 12.1 Å². The number of nitrogens with zero attached hydrogens (tertiary/aromatic N) is 1. The van der Waals surface area contributed by atoms with Crippen LogP contribution in [0.25, 0.3) is 0 Å². The van der Waals surface area contributed by atoms with Crippen LogP contribution < -0.4 is 15.4 Å². The number of hydrogen-bond acceptors (Lipinski definition) is 7. The van der Waals surface area contributed by atoms with Gasteiger partial charge in [0.2, 0.25) is 5.91 Å². The van der Waals surface area contributed by atoms with Gasteiger partial charge < -0.3 is 20.5 Å². The van der Waals surface area contributed by atoms with E-state index < -0.39 is 45.8 Å². The van der Waals surface area contributed by atoms with Gasteiger partial charge in [-0.3, -0.25) is 4.79 Å². The topological polar surface area (TPSA) is 147 Å². The maximum atomic E-state index is 12.7. The van der Waals surface area contributed by atoms with Crippen LogP contribution in [0.5, 0.6) is 0 Å². The average molecular weight is 459 g/mol. The molecule has 4 N–H and O–H groups in total. The molecule has 1 unspecified atom stereocenters. The second-order valence-electron chi connectivity index (χ2n) is 8.71. The van der Waals surface area contributed by atoms with E-state index in [1.165, 1.54) is 25.3 Å². The van der Waals surface area contributed by atoms with Gasteiger partial charge in [0.1, 0.15) is 11.6 Å². The number of aliphatic hydroxyl groups is 1. The molecule has 11 heteroatoms. The normalized spacial score (nSPS) is 15.1. The molecular weight excluding hydrogens is 424 g/mol. The molecule has 0 aliphatic carbocycles. The van der Waals surface area contributed by atoms with Crippen LogP contribution in [0.1, 0.15) is 48.0 Å². The Morgan fingerprint density at radius 1 is 1.16 bits per heavy atom. The molecule has 0 aliphatic rings. The summed E-state index contributed by atoms with van der Waals surface area (Å²) in [6.07, 6.45) is -0.214. The van der Waals surface area contributed by atoms with Crippen LogP contribution in [0.3, 0.4) is 0 Å². The number of hydrogen-bond donors (Lipinski definition) is 4. The molecule has 0 bridgehead atoms. The zero-order chi connectivity index (χ0) is 23.8. The van der Waals surface area contributed by atoms with Gasteiger partial charge in [0.25, 0.3) is 10.0 Å². The molecule has 1 aromatic heterocycles. The summed E-state index contributed by atoms with van der Waals surface area (Å²) in [6.45, 7) is 10.2. The molecule has 0 radical (unpaired) electrons. The van der Waals surface area contributed by atoms with Gasteiger partial charge in [-0.05, 0) is 52.2 Å². The van der Waals surface area contributed by atoms with Crippen LogP contribution in [-0.2, 0) is 19.6 Å². The molecule has 0 saturated heterocycles. The van der Waals surface area contributed by atoms with E-state index in [1.54, 1.807) is 26.8 Å². The van der Waals surface area contributed by atoms with E-state index in [4.69, 9.17) is 4.74 Å². The van der Waals surface area contributed by atoms with Gasteiger partial charge in [-0.15, -0.1) is 0 Å². The van der Waals surface area contributed by atoms with Gasteiger partial charge in [0.15, 0.2) is 5.03 Å². The number of carbonyl (C=O) groups excluding carboxylic acids is 2. The highest BCUT2D eigenvalue weighted by Crippen LogP contribution is 2.10. The second kappa shape index (κ2) is 11.4. The fourth-order valence-electron chi connectivity index (χ4n) is 2.53. The minimum Gasteiger partial charge on any atom is -0.444 e. The third kappa shape index (κ3) is 10.1. The number of amides is 2. The zero-order valence-corrected chi connectivity index (χ0v) is 19.7. The first kappa shape index (κ1) is 26.8. The number of aliphatic hydroxyl groups excluding tert-OH is 1. The molecule has 10 nitrogen and oxygen atoms in total. The van der Waals surface area contributed by atoms with Crippen molar-refractivity contribution in [2.45, 2.75) is 76.8 Å². The molecule has 176 valence electrons. The molecule has 0 saturated carbocycles.